The van der Waals surface area contributed by atoms with Gasteiger partial charge in [0.05, 0.1) is 0 Å². The van der Waals surface area contributed by atoms with E-state index in [-0.39, 0.29) is 0 Å². The highest BCUT2D eigenvalue weighted by atomic mass is 16.3. The zero-order valence-electron chi connectivity index (χ0n) is 26.7. The van der Waals surface area contributed by atoms with Crippen LogP contribution in [-0.4, -0.2) is 15.0 Å². The molecule has 0 saturated carbocycles. The van der Waals surface area contributed by atoms with E-state index in [4.69, 9.17) is 23.8 Å². The van der Waals surface area contributed by atoms with E-state index in [2.05, 4.69) is 91.0 Å². The topological polar surface area (TPSA) is 65.0 Å². The number of benzene rings is 7. The summed E-state index contributed by atoms with van der Waals surface area (Å²) in [5.41, 5.74) is 10.4. The lowest BCUT2D eigenvalue weighted by atomic mass is 10.0. The van der Waals surface area contributed by atoms with Gasteiger partial charge in [0.1, 0.15) is 22.3 Å². The van der Waals surface area contributed by atoms with Gasteiger partial charge in [0, 0.05) is 38.2 Å². The number of hydrogen-bond donors (Lipinski definition) is 0. The monoisotopic (exact) mass is 641 g/mol. The predicted molar refractivity (Wildman–Crippen MR) is 202 cm³/mol. The molecule has 0 radical (unpaired) electrons. The highest BCUT2D eigenvalue weighted by molar-refractivity contribution is 6.08. The molecule has 0 spiro atoms. The molecule has 0 atom stereocenters. The number of rotatable bonds is 5. The van der Waals surface area contributed by atoms with E-state index >= 15 is 0 Å². The first-order chi connectivity index (χ1) is 24.7. The minimum atomic E-state index is 0.568. The summed E-state index contributed by atoms with van der Waals surface area (Å²) >= 11 is 0. The molecule has 7 aromatic carbocycles. The lowest BCUT2D eigenvalue weighted by molar-refractivity contribution is 0.669. The quantitative estimate of drug-likeness (QED) is 0.187. The Morgan fingerprint density at radius 2 is 0.640 bits per heavy atom. The van der Waals surface area contributed by atoms with Crippen LogP contribution in [0.4, 0.5) is 0 Å². The van der Waals surface area contributed by atoms with Gasteiger partial charge in [0.2, 0.25) is 0 Å². The molecule has 0 saturated heterocycles. The minimum absolute atomic E-state index is 0.568. The first-order valence-corrected chi connectivity index (χ1v) is 16.6. The Labute approximate surface area is 287 Å². The number of furan rings is 2. The van der Waals surface area contributed by atoms with Crippen LogP contribution >= 0.6 is 0 Å². The molecule has 0 aliphatic carbocycles. The SMILES string of the molecule is c1ccc(-c2ccc3c(c2)oc2cc(-c4nc(-c5ccccc5)nc(-c5ccc6c(c5)oc5ccc(-c7ccccc7)cc56)n4)ccc23)cc1. The van der Waals surface area contributed by atoms with Crippen molar-refractivity contribution in [3.63, 3.8) is 0 Å². The third kappa shape index (κ3) is 4.83. The van der Waals surface area contributed by atoms with Crippen molar-refractivity contribution in [2.24, 2.45) is 0 Å². The van der Waals surface area contributed by atoms with Gasteiger partial charge in [0.15, 0.2) is 17.5 Å². The Bertz CT molecular complexity index is 2830. The number of fused-ring (bicyclic) bond motifs is 6. The number of nitrogens with zero attached hydrogens (tertiary/aromatic N) is 3. The Hall–Kier alpha value is -6.85. The molecule has 0 aliphatic rings. The largest absolute Gasteiger partial charge is 0.456 e. The van der Waals surface area contributed by atoms with Crippen LogP contribution in [0.5, 0.6) is 0 Å². The van der Waals surface area contributed by atoms with E-state index < -0.39 is 0 Å². The smallest absolute Gasteiger partial charge is 0.164 e. The van der Waals surface area contributed by atoms with Gasteiger partial charge in [-0.1, -0.05) is 115 Å². The van der Waals surface area contributed by atoms with Gasteiger partial charge >= 0.3 is 0 Å². The molecule has 0 bridgehead atoms. The predicted octanol–water partition coefficient (Wildman–Crippen LogP) is 12.0. The highest BCUT2D eigenvalue weighted by Gasteiger charge is 2.17. The molecule has 10 aromatic rings. The Morgan fingerprint density at radius 3 is 1.18 bits per heavy atom. The summed E-state index contributed by atoms with van der Waals surface area (Å²) in [5, 5.41) is 4.24. The molecular weight excluding hydrogens is 615 g/mol. The van der Waals surface area contributed by atoms with Crippen molar-refractivity contribution >= 4 is 43.9 Å². The maximum atomic E-state index is 6.44. The first-order valence-electron chi connectivity index (χ1n) is 16.6. The Morgan fingerprint density at radius 1 is 0.260 bits per heavy atom. The molecule has 50 heavy (non-hydrogen) atoms. The van der Waals surface area contributed by atoms with Crippen molar-refractivity contribution in [2.75, 3.05) is 0 Å². The van der Waals surface area contributed by atoms with Gasteiger partial charge in [-0.15, -0.1) is 0 Å². The average molecular weight is 642 g/mol. The summed E-state index contributed by atoms with van der Waals surface area (Å²) in [6.07, 6.45) is 0. The second kappa shape index (κ2) is 11.4. The molecule has 0 aliphatic heterocycles. The van der Waals surface area contributed by atoms with Crippen LogP contribution < -0.4 is 0 Å². The number of hydrogen-bond acceptors (Lipinski definition) is 5. The van der Waals surface area contributed by atoms with Crippen LogP contribution in [0.3, 0.4) is 0 Å². The lowest BCUT2D eigenvalue weighted by Gasteiger charge is -2.08. The molecule has 5 heteroatoms. The van der Waals surface area contributed by atoms with Crippen LogP contribution in [0.1, 0.15) is 0 Å². The maximum Gasteiger partial charge on any atom is 0.164 e. The van der Waals surface area contributed by atoms with E-state index in [9.17, 15) is 0 Å². The molecule has 3 aromatic heterocycles. The molecule has 0 amide bonds. The zero-order valence-corrected chi connectivity index (χ0v) is 26.7. The minimum Gasteiger partial charge on any atom is -0.456 e. The Balaban J connectivity index is 1.09. The van der Waals surface area contributed by atoms with Crippen molar-refractivity contribution in [3.05, 3.63) is 164 Å². The molecule has 0 fully saturated rings. The fourth-order valence-electron chi connectivity index (χ4n) is 6.80. The summed E-state index contributed by atoms with van der Waals surface area (Å²) in [4.78, 5) is 14.9. The molecular formula is C45H27N3O2. The second-order valence-electron chi connectivity index (χ2n) is 12.5. The summed E-state index contributed by atoms with van der Waals surface area (Å²) < 4.78 is 12.8. The van der Waals surface area contributed by atoms with Gasteiger partial charge in [-0.3, -0.25) is 0 Å². The second-order valence-corrected chi connectivity index (χ2v) is 12.5. The van der Waals surface area contributed by atoms with Crippen molar-refractivity contribution in [1.82, 2.24) is 15.0 Å². The number of aromatic nitrogens is 3. The van der Waals surface area contributed by atoms with Gasteiger partial charge in [0.25, 0.3) is 0 Å². The fourth-order valence-corrected chi connectivity index (χ4v) is 6.80. The van der Waals surface area contributed by atoms with Crippen molar-refractivity contribution in [1.29, 1.82) is 0 Å². The summed E-state index contributed by atoms with van der Waals surface area (Å²) in [6.45, 7) is 0. The summed E-state index contributed by atoms with van der Waals surface area (Å²) in [7, 11) is 0. The van der Waals surface area contributed by atoms with Crippen LogP contribution in [-0.2, 0) is 0 Å². The molecule has 5 nitrogen and oxygen atoms in total. The molecule has 234 valence electrons. The maximum absolute atomic E-state index is 6.44. The van der Waals surface area contributed by atoms with E-state index in [1.165, 1.54) is 5.56 Å². The Kier molecular flexibility index (Phi) is 6.42. The third-order valence-corrected chi connectivity index (χ3v) is 9.34. The van der Waals surface area contributed by atoms with Crippen molar-refractivity contribution < 1.29 is 8.83 Å². The third-order valence-electron chi connectivity index (χ3n) is 9.34. The van der Waals surface area contributed by atoms with Crippen LogP contribution in [0.25, 0.3) is 100 Å². The highest BCUT2D eigenvalue weighted by Crippen LogP contribution is 2.37. The van der Waals surface area contributed by atoms with E-state index in [1.54, 1.807) is 0 Å². The van der Waals surface area contributed by atoms with E-state index in [0.717, 1.165) is 77.3 Å². The molecule has 3 heterocycles. The summed E-state index contributed by atoms with van der Waals surface area (Å²) in [6, 6.07) is 55.8. The van der Waals surface area contributed by atoms with E-state index in [0.29, 0.717) is 17.5 Å². The first kappa shape index (κ1) is 28.2. The van der Waals surface area contributed by atoms with Crippen LogP contribution in [0, 0.1) is 0 Å². The van der Waals surface area contributed by atoms with Crippen LogP contribution in [0.15, 0.2) is 173 Å². The molecule has 0 unspecified atom stereocenters. The van der Waals surface area contributed by atoms with Crippen molar-refractivity contribution in [2.45, 2.75) is 0 Å². The van der Waals surface area contributed by atoms with Gasteiger partial charge < -0.3 is 8.83 Å². The van der Waals surface area contributed by atoms with Crippen molar-refractivity contribution in [3.8, 4) is 56.4 Å². The summed E-state index contributed by atoms with van der Waals surface area (Å²) in [5.74, 6) is 1.73. The standard InChI is InChI=1S/C45H27N3O2/c1-4-10-28(11-5-1)31-19-23-39-38(24-31)37-22-18-34(27-42(37)49-39)45-47-43(30-14-8-3-9-15-30)46-44(48-45)33-17-21-36-35-20-16-32(29-12-6-2-7-13-29)25-40(35)50-41(36)26-33/h1-27H. The molecule has 10 rings (SSSR count). The fraction of sp³-hybridized carbons (Fsp3) is 0. The lowest BCUT2D eigenvalue weighted by Crippen LogP contribution is -2.00. The zero-order chi connectivity index (χ0) is 33.0. The van der Waals surface area contributed by atoms with Gasteiger partial charge in [-0.05, 0) is 70.8 Å². The van der Waals surface area contributed by atoms with E-state index in [1.807, 2.05) is 72.8 Å². The van der Waals surface area contributed by atoms with Gasteiger partial charge in [-0.2, -0.15) is 0 Å². The van der Waals surface area contributed by atoms with Crippen LogP contribution in [0.2, 0.25) is 0 Å². The molecule has 0 N–H and O–H groups in total. The average Bonchev–Trinajstić information content (AvgIpc) is 3.75. The normalized spacial score (nSPS) is 11.6. The van der Waals surface area contributed by atoms with Gasteiger partial charge in [-0.25, -0.2) is 15.0 Å².